The third kappa shape index (κ3) is 4.28. The molecule has 2 aromatic rings. The number of aryl methyl sites for hydroxylation is 1. The Kier molecular flexibility index (Phi) is 5.83. The Bertz CT molecular complexity index is 895. The number of amides is 1. The first-order valence-corrected chi connectivity index (χ1v) is 11.3. The van der Waals surface area contributed by atoms with E-state index in [1.54, 1.807) is 11.3 Å². The van der Waals surface area contributed by atoms with Crippen molar-refractivity contribution in [1.82, 2.24) is 24.8 Å². The van der Waals surface area contributed by atoms with Gasteiger partial charge in [0.05, 0.1) is 28.9 Å². The van der Waals surface area contributed by atoms with E-state index in [1.807, 2.05) is 31.3 Å². The van der Waals surface area contributed by atoms with Crippen molar-refractivity contribution in [1.29, 1.82) is 0 Å². The maximum atomic E-state index is 13.1. The van der Waals surface area contributed by atoms with E-state index in [1.165, 1.54) is 5.56 Å². The zero-order valence-electron chi connectivity index (χ0n) is 17.8. The lowest BCUT2D eigenvalue weighted by atomic mass is 9.99. The minimum atomic E-state index is -0.0420. The van der Waals surface area contributed by atoms with Crippen LogP contribution in [0, 0.1) is 6.92 Å². The van der Waals surface area contributed by atoms with E-state index < -0.39 is 0 Å². The molecule has 0 N–H and O–H groups in total. The van der Waals surface area contributed by atoms with Crippen LogP contribution in [0.25, 0.3) is 0 Å². The Balaban J connectivity index is 1.64. The number of likely N-dealkylation sites (tertiary alicyclic amines) is 1. The van der Waals surface area contributed by atoms with Crippen LogP contribution in [0.3, 0.4) is 0 Å². The van der Waals surface area contributed by atoms with Gasteiger partial charge in [-0.15, -0.1) is 11.3 Å². The molecule has 7 nitrogen and oxygen atoms in total. The highest BCUT2D eigenvalue weighted by molar-refractivity contribution is 7.09. The zero-order valence-corrected chi connectivity index (χ0v) is 18.6. The van der Waals surface area contributed by atoms with E-state index in [-0.39, 0.29) is 11.9 Å². The van der Waals surface area contributed by atoms with Gasteiger partial charge in [-0.3, -0.25) is 4.79 Å². The Hall–Kier alpha value is -2.06. The summed E-state index contributed by atoms with van der Waals surface area (Å²) < 4.78 is 0. The molecule has 1 atom stereocenters. The molecule has 1 saturated heterocycles. The number of anilines is 1. The second-order valence-electron chi connectivity index (χ2n) is 8.35. The van der Waals surface area contributed by atoms with Crippen LogP contribution in [-0.4, -0.2) is 64.9 Å². The summed E-state index contributed by atoms with van der Waals surface area (Å²) in [6.45, 7) is 4.63. The summed E-state index contributed by atoms with van der Waals surface area (Å²) in [6.07, 6.45) is 4.35. The summed E-state index contributed by atoms with van der Waals surface area (Å²) in [6, 6.07) is -0.0420. The van der Waals surface area contributed by atoms with E-state index in [2.05, 4.69) is 21.8 Å². The van der Waals surface area contributed by atoms with Crippen molar-refractivity contribution in [3.63, 3.8) is 0 Å². The predicted octanol–water partition coefficient (Wildman–Crippen LogP) is 2.59. The molecule has 8 heteroatoms. The Morgan fingerprint density at radius 3 is 2.79 bits per heavy atom. The number of nitrogens with zero attached hydrogens (tertiary/aromatic N) is 6. The highest BCUT2D eigenvalue weighted by atomic mass is 32.1. The summed E-state index contributed by atoms with van der Waals surface area (Å²) in [5.41, 5.74) is 3.23. The number of fused-ring (bicyclic) bond motifs is 1. The van der Waals surface area contributed by atoms with E-state index in [0.29, 0.717) is 6.42 Å². The Morgan fingerprint density at radius 2 is 2.07 bits per heavy atom. The highest BCUT2D eigenvalue weighted by Crippen LogP contribution is 2.33. The van der Waals surface area contributed by atoms with Gasteiger partial charge in [0.25, 0.3) is 0 Å². The molecule has 1 amide bonds. The average Bonchev–Trinajstić information content (AvgIpc) is 3.11. The largest absolute Gasteiger partial charge is 0.362 e. The molecule has 2 aliphatic rings. The minimum Gasteiger partial charge on any atom is -0.362 e. The molecule has 0 radical (unpaired) electrons. The van der Waals surface area contributed by atoms with Crippen LogP contribution in [0.15, 0.2) is 5.38 Å². The first-order valence-electron chi connectivity index (χ1n) is 10.4. The molecule has 2 aromatic heterocycles. The Morgan fingerprint density at radius 1 is 1.24 bits per heavy atom. The third-order valence-electron chi connectivity index (χ3n) is 5.79. The van der Waals surface area contributed by atoms with Crippen LogP contribution in [0.1, 0.15) is 53.1 Å². The Labute approximate surface area is 176 Å². The van der Waals surface area contributed by atoms with Gasteiger partial charge in [-0.25, -0.2) is 15.0 Å². The SMILES string of the molecule is Cc1nc(CC(=O)N2CCCC[C@H]2c2nc3c(c(N(C)C)n2)CN(C)CC3)cs1. The monoisotopic (exact) mass is 414 g/mol. The van der Waals surface area contributed by atoms with Gasteiger partial charge in [-0.05, 0) is 33.2 Å². The number of carbonyl (C=O) groups is 1. The van der Waals surface area contributed by atoms with Gasteiger partial charge >= 0.3 is 0 Å². The van der Waals surface area contributed by atoms with Gasteiger partial charge in [0.1, 0.15) is 5.82 Å². The van der Waals surface area contributed by atoms with Crippen molar-refractivity contribution >= 4 is 23.1 Å². The van der Waals surface area contributed by atoms with Gasteiger partial charge in [-0.2, -0.15) is 0 Å². The number of hydrogen-bond acceptors (Lipinski definition) is 7. The molecule has 0 saturated carbocycles. The van der Waals surface area contributed by atoms with Gasteiger partial charge < -0.3 is 14.7 Å². The molecule has 4 heterocycles. The minimum absolute atomic E-state index is 0.0420. The van der Waals surface area contributed by atoms with Crippen LogP contribution >= 0.6 is 11.3 Å². The molecule has 1 fully saturated rings. The van der Waals surface area contributed by atoms with Crippen molar-refractivity contribution < 1.29 is 4.79 Å². The molecule has 0 bridgehead atoms. The molecule has 0 aliphatic carbocycles. The van der Waals surface area contributed by atoms with Crippen molar-refractivity contribution in [2.75, 3.05) is 39.1 Å². The number of likely N-dealkylation sites (N-methyl/N-ethyl adjacent to an activating group) is 1. The number of hydrogen-bond donors (Lipinski definition) is 0. The highest BCUT2D eigenvalue weighted by Gasteiger charge is 2.32. The van der Waals surface area contributed by atoms with Gasteiger partial charge in [-0.1, -0.05) is 0 Å². The normalized spacial score (nSPS) is 19.9. The van der Waals surface area contributed by atoms with Gasteiger partial charge in [0.15, 0.2) is 5.82 Å². The van der Waals surface area contributed by atoms with Crippen LogP contribution in [0.4, 0.5) is 5.82 Å². The van der Waals surface area contributed by atoms with E-state index in [9.17, 15) is 4.79 Å². The molecule has 0 unspecified atom stereocenters. The van der Waals surface area contributed by atoms with Crippen molar-refractivity contribution in [3.8, 4) is 0 Å². The summed E-state index contributed by atoms with van der Waals surface area (Å²) in [5.74, 6) is 1.93. The summed E-state index contributed by atoms with van der Waals surface area (Å²) >= 11 is 1.59. The summed E-state index contributed by atoms with van der Waals surface area (Å²) in [4.78, 5) is 33.9. The number of piperidine rings is 1. The number of carbonyl (C=O) groups excluding carboxylic acids is 1. The van der Waals surface area contributed by atoms with Crippen LogP contribution in [-0.2, 0) is 24.2 Å². The quantitative estimate of drug-likeness (QED) is 0.766. The van der Waals surface area contributed by atoms with Crippen LogP contribution < -0.4 is 4.90 Å². The standard InChI is InChI=1S/C21H30N6OS/c1-14-22-15(13-29-14)11-19(28)27-9-6-5-7-18(27)20-23-17-8-10-26(4)12-16(17)21(24-20)25(2)3/h13,18H,5-12H2,1-4H3/t18-/m0/s1. The molecule has 0 aromatic carbocycles. The molecule has 0 spiro atoms. The van der Waals surface area contributed by atoms with Gasteiger partial charge in [0, 0.05) is 51.1 Å². The number of rotatable bonds is 4. The maximum Gasteiger partial charge on any atom is 0.229 e. The maximum absolute atomic E-state index is 13.1. The van der Waals surface area contributed by atoms with Crippen LogP contribution in [0.2, 0.25) is 0 Å². The predicted molar refractivity (Wildman–Crippen MR) is 115 cm³/mol. The van der Waals surface area contributed by atoms with Gasteiger partial charge in [0.2, 0.25) is 5.91 Å². The summed E-state index contributed by atoms with van der Waals surface area (Å²) in [7, 11) is 6.21. The molecular weight excluding hydrogens is 384 g/mol. The molecule has 29 heavy (non-hydrogen) atoms. The fourth-order valence-corrected chi connectivity index (χ4v) is 4.93. The number of aromatic nitrogens is 3. The second kappa shape index (κ2) is 8.36. The van der Waals surface area contributed by atoms with Crippen molar-refractivity contribution in [2.45, 2.75) is 51.6 Å². The molecular formula is C21H30N6OS. The van der Waals surface area contributed by atoms with Crippen LogP contribution in [0.5, 0.6) is 0 Å². The third-order valence-corrected chi connectivity index (χ3v) is 6.61. The lowest BCUT2D eigenvalue weighted by Crippen LogP contribution is -2.41. The second-order valence-corrected chi connectivity index (χ2v) is 9.41. The molecule has 4 rings (SSSR count). The zero-order chi connectivity index (χ0) is 20.5. The molecule has 156 valence electrons. The fraction of sp³-hybridized carbons (Fsp3) is 0.619. The van der Waals surface area contributed by atoms with Crippen molar-refractivity contribution in [2.24, 2.45) is 0 Å². The topological polar surface area (TPSA) is 65.5 Å². The van der Waals surface area contributed by atoms with Crippen molar-refractivity contribution in [3.05, 3.63) is 33.2 Å². The average molecular weight is 415 g/mol. The lowest BCUT2D eigenvalue weighted by Gasteiger charge is -2.36. The smallest absolute Gasteiger partial charge is 0.229 e. The lowest BCUT2D eigenvalue weighted by molar-refractivity contribution is -0.134. The van der Waals surface area contributed by atoms with E-state index in [0.717, 1.165) is 73.4 Å². The first kappa shape index (κ1) is 20.2. The number of thiazole rings is 1. The summed E-state index contributed by atoms with van der Waals surface area (Å²) in [5, 5.41) is 2.99. The van der Waals surface area contributed by atoms with E-state index >= 15 is 0 Å². The van der Waals surface area contributed by atoms with E-state index in [4.69, 9.17) is 9.97 Å². The first-order chi connectivity index (χ1) is 13.9. The fourth-order valence-electron chi connectivity index (χ4n) is 4.31. The molecule has 2 aliphatic heterocycles.